The number of aryl methyl sites for hydroxylation is 2. The standard InChI is InChI=1S/C18H19ClN2O2/c1-12-3-8-16(13(2)9-12)21-18(23)10-17(22)20-11-14-4-6-15(19)7-5-14/h3-9H,10-11H2,1-2H3,(H,20,22)(H,21,23). The molecule has 0 aliphatic heterocycles. The number of carbonyl (C=O) groups is 2. The van der Waals surface area contributed by atoms with Gasteiger partial charge in [-0.1, -0.05) is 41.4 Å². The maximum atomic E-state index is 11.9. The second-order valence-corrected chi connectivity index (χ2v) is 5.88. The molecule has 0 unspecified atom stereocenters. The molecule has 2 aromatic carbocycles. The minimum Gasteiger partial charge on any atom is -0.352 e. The van der Waals surface area contributed by atoms with E-state index in [1.807, 2.05) is 44.2 Å². The summed E-state index contributed by atoms with van der Waals surface area (Å²) in [6, 6.07) is 12.9. The van der Waals surface area contributed by atoms with Crippen LogP contribution in [0, 0.1) is 13.8 Å². The Morgan fingerprint density at radius 3 is 2.35 bits per heavy atom. The minimum atomic E-state index is -0.328. The highest BCUT2D eigenvalue weighted by Crippen LogP contribution is 2.16. The number of carbonyl (C=O) groups excluding carboxylic acids is 2. The number of benzene rings is 2. The van der Waals surface area contributed by atoms with E-state index >= 15 is 0 Å². The fourth-order valence-electron chi connectivity index (χ4n) is 2.16. The molecule has 0 atom stereocenters. The zero-order valence-corrected chi connectivity index (χ0v) is 13.9. The molecule has 2 N–H and O–H groups in total. The average molecular weight is 331 g/mol. The van der Waals surface area contributed by atoms with Crippen molar-refractivity contribution in [2.24, 2.45) is 0 Å². The van der Waals surface area contributed by atoms with E-state index < -0.39 is 0 Å². The quantitative estimate of drug-likeness (QED) is 0.823. The Bertz CT molecular complexity index is 711. The molecule has 2 amide bonds. The van der Waals surface area contributed by atoms with Crippen LogP contribution in [0.15, 0.2) is 42.5 Å². The van der Waals surface area contributed by atoms with Crippen molar-refractivity contribution in [3.8, 4) is 0 Å². The van der Waals surface area contributed by atoms with Crippen LogP contribution in [0.5, 0.6) is 0 Å². The summed E-state index contributed by atoms with van der Waals surface area (Å²) in [6.07, 6.45) is -0.207. The molecule has 0 fully saturated rings. The fraction of sp³-hybridized carbons (Fsp3) is 0.222. The van der Waals surface area contributed by atoms with Crippen molar-refractivity contribution in [3.05, 3.63) is 64.2 Å². The summed E-state index contributed by atoms with van der Waals surface area (Å²) >= 11 is 5.80. The summed E-state index contributed by atoms with van der Waals surface area (Å²) in [6.45, 7) is 4.28. The third-order valence-corrected chi connectivity index (χ3v) is 3.63. The SMILES string of the molecule is Cc1ccc(NC(=O)CC(=O)NCc2ccc(Cl)cc2)c(C)c1. The molecule has 23 heavy (non-hydrogen) atoms. The Kier molecular flexibility index (Phi) is 5.77. The molecule has 5 heteroatoms. The van der Waals surface area contributed by atoms with Gasteiger partial charge in [-0.25, -0.2) is 0 Å². The zero-order valence-electron chi connectivity index (χ0n) is 13.2. The summed E-state index contributed by atoms with van der Waals surface area (Å²) in [7, 11) is 0. The first kappa shape index (κ1) is 17.0. The Hall–Kier alpha value is -2.33. The van der Waals surface area contributed by atoms with Gasteiger partial charge in [0.25, 0.3) is 0 Å². The van der Waals surface area contributed by atoms with Gasteiger partial charge in [-0.3, -0.25) is 9.59 Å². The van der Waals surface area contributed by atoms with Crippen LogP contribution < -0.4 is 10.6 Å². The second kappa shape index (κ2) is 7.79. The Morgan fingerprint density at radius 2 is 1.70 bits per heavy atom. The summed E-state index contributed by atoms with van der Waals surface area (Å²) < 4.78 is 0. The third kappa shape index (κ3) is 5.42. The van der Waals surface area contributed by atoms with Crippen molar-refractivity contribution in [1.29, 1.82) is 0 Å². The van der Waals surface area contributed by atoms with Crippen molar-refractivity contribution in [2.75, 3.05) is 5.32 Å². The molecule has 0 aliphatic rings. The molecular weight excluding hydrogens is 312 g/mol. The van der Waals surface area contributed by atoms with Gasteiger partial charge in [0.15, 0.2) is 0 Å². The highest BCUT2D eigenvalue weighted by molar-refractivity contribution is 6.30. The number of hydrogen-bond acceptors (Lipinski definition) is 2. The van der Waals surface area contributed by atoms with Gasteiger partial charge in [-0.05, 0) is 43.2 Å². The normalized spacial score (nSPS) is 10.2. The van der Waals surface area contributed by atoms with Gasteiger partial charge >= 0.3 is 0 Å². The van der Waals surface area contributed by atoms with Gasteiger partial charge < -0.3 is 10.6 Å². The van der Waals surface area contributed by atoms with E-state index in [-0.39, 0.29) is 18.2 Å². The molecule has 4 nitrogen and oxygen atoms in total. The molecule has 0 aliphatic carbocycles. The maximum absolute atomic E-state index is 11.9. The van der Waals surface area contributed by atoms with Crippen molar-refractivity contribution in [2.45, 2.75) is 26.8 Å². The van der Waals surface area contributed by atoms with Crippen LogP contribution in [-0.2, 0) is 16.1 Å². The summed E-state index contributed by atoms with van der Waals surface area (Å²) in [4.78, 5) is 23.8. The maximum Gasteiger partial charge on any atom is 0.233 e. The van der Waals surface area contributed by atoms with E-state index in [1.165, 1.54) is 0 Å². The zero-order chi connectivity index (χ0) is 16.8. The largest absolute Gasteiger partial charge is 0.352 e. The molecular formula is C18H19ClN2O2. The predicted molar refractivity (Wildman–Crippen MR) is 92.5 cm³/mol. The highest BCUT2D eigenvalue weighted by atomic mass is 35.5. The first-order valence-corrected chi connectivity index (χ1v) is 7.70. The van der Waals surface area contributed by atoms with E-state index in [0.29, 0.717) is 11.6 Å². The van der Waals surface area contributed by atoms with E-state index in [9.17, 15) is 9.59 Å². The molecule has 2 rings (SSSR count). The smallest absolute Gasteiger partial charge is 0.233 e. The summed E-state index contributed by atoms with van der Waals surface area (Å²) in [5.74, 6) is -0.646. The number of hydrogen-bond donors (Lipinski definition) is 2. The average Bonchev–Trinajstić information content (AvgIpc) is 2.49. The number of nitrogens with one attached hydrogen (secondary N) is 2. The van der Waals surface area contributed by atoms with Crippen molar-refractivity contribution in [3.63, 3.8) is 0 Å². The molecule has 0 aromatic heterocycles. The summed E-state index contributed by atoms with van der Waals surface area (Å²) in [5.41, 5.74) is 3.75. The lowest BCUT2D eigenvalue weighted by Crippen LogP contribution is -2.27. The second-order valence-electron chi connectivity index (χ2n) is 5.45. The number of anilines is 1. The summed E-state index contributed by atoms with van der Waals surface area (Å²) in [5, 5.41) is 6.12. The highest BCUT2D eigenvalue weighted by Gasteiger charge is 2.10. The molecule has 2 aromatic rings. The van der Waals surface area contributed by atoms with Crippen molar-refractivity contribution in [1.82, 2.24) is 5.32 Å². The topological polar surface area (TPSA) is 58.2 Å². The first-order valence-electron chi connectivity index (χ1n) is 7.32. The molecule has 0 heterocycles. The van der Waals surface area contributed by atoms with Crippen LogP contribution in [0.25, 0.3) is 0 Å². The molecule has 0 radical (unpaired) electrons. The lowest BCUT2D eigenvalue weighted by atomic mass is 10.1. The van der Waals surface area contributed by atoms with Crippen LogP contribution in [0.1, 0.15) is 23.1 Å². The van der Waals surface area contributed by atoms with Crippen LogP contribution >= 0.6 is 11.6 Å². The van der Waals surface area contributed by atoms with Crippen LogP contribution in [0.2, 0.25) is 5.02 Å². The molecule has 120 valence electrons. The molecule has 0 saturated heterocycles. The minimum absolute atomic E-state index is 0.207. The molecule has 0 spiro atoms. The van der Waals surface area contributed by atoms with Gasteiger partial charge in [0.1, 0.15) is 6.42 Å². The van der Waals surface area contributed by atoms with Crippen LogP contribution in [0.4, 0.5) is 5.69 Å². The van der Waals surface area contributed by atoms with Crippen LogP contribution in [0.3, 0.4) is 0 Å². The molecule has 0 saturated carbocycles. The van der Waals surface area contributed by atoms with Gasteiger partial charge in [-0.15, -0.1) is 0 Å². The van der Waals surface area contributed by atoms with Gasteiger partial charge in [0, 0.05) is 17.3 Å². The van der Waals surface area contributed by atoms with Crippen molar-refractivity contribution >= 4 is 29.1 Å². The number of halogens is 1. The van der Waals surface area contributed by atoms with E-state index in [4.69, 9.17) is 11.6 Å². The third-order valence-electron chi connectivity index (χ3n) is 3.38. The van der Waals surface area contributed by atoms with E-state index in [1.54, 1.807) is 12.1 Å². The van der Waals surface area contributed by atoms with Gasteiger partial charge in [0.2, 0.25) is 11.8 Å². The fourth-order valence-corrected chi connectivity index (χ4v) is 2.29. The monoisotopic (exact) mass is 330 g/mol. The van der Waals surface area contributed by atoms with Crippen molar-refractivity contribution < 1.29 is 9.59 Å². The van der Waals surface area contributed by atoms with Gasteiger partial charge in [0.05, 0.1) is 0 Å². The predicted octanol–water partition coefficient (Wildman–Crippen LogP) is 3.60. The first-order chi connectivity index (χ1) is 10.9. The van der Waals surface area contributed by atoms with E-state index in [2.05, 4.69) is 10.6 Å². The Morgan fingerprint density at radius 1 is 1.00 bits per heavy atom. The molecule has 0 bridgehead atoms. The number of rotatable bonds is 5. The Balaban J connectivity index is 1.82. The Labute approximate surface area is 140 Å². The van der Waals surface area contributed by atoms with Gasteiger partial charge in [-0.2, -0.15) is 0 Å². The lowest BCUT2D eigenvalue weighted by Gasteiger charge is -2.09. The van der Waals surface area contributed by atoms with E-state index in [0.717, 1.165) is 22.4 Å². The number of amides is 2. The lowest BCUT2D eigenvalue weighted by molar-refractivity contribution is -0.126. The van der Waals surface area contributed by atoms with Crippen LogP contribution in [-0.4, -0.2) is 11.8 Å².